The van der Waals surface area contributed by atoms with E-state index in [2.05, 4.69) is 35.6 Å². The van der Waals surface area contributed by atoms with Gasteiger partial charge in [0.05, 0.1) is 17.6 Å². The second-order valence-corrected chi connectivity index (χ2v) is 6.40. The third kappa shape index (κ3) is 3.80. The number of nitrogens with one attached hydrogen (secondary N) is 1. The number of imidazole rings is 1. The number of rotatable bonds is 5. The lowest BCUT2D eigenvalue weighted by atomic mass is 9.79. The molecule has 0 saturated heterocycles. The Labute approximate surface area is 116 Å². The van der Waals surface area contributed by atoms with Crippen molar-refractivity contribution in [2.45, 2.75) is 64.6 Å². The Morgan fingerprint density at radius 2 is 2.16 bits per heavy atom. The Morgan fingerprint density at radius 1 is 1.47 bits per heavy atom. The first-order valence-electron chi connectivity index (χ1n) is 7.44. The fourth-order valence-electron chi connectivity index (χ4n) is 2.83. The molecule has 0 spiro atoms. The van der Waals surface area contributed by atoms with E-state index in [9.17, 15) is 5.11 Å². The average molecular weight is 265 g/mol. The van der Waals surface area contributed by atoms with Crippen molar-refractivity contribution >= 4 is 0 Å². The minimum absolute atomic E-state index is 0.429. The normalized spacial score (nSPS) is 27.9. The Balaban J connectivity index is 1.81. The van der Waals surface area contributed by atoms with E-state index in [1.165, 1.54) is 5.69 Å². The van der Waals surface area contributed by atoms with Crippen molar-refractivity contribution < 1.29 is 5.11 Å². The second-order valence-electron chi connectivity index (χ2n) is 6.40. The molecular formula is C15H27N3O. The maximum Gasteiger partial charge on any atom is 0.0951 e. The Bertz CT molecular complexity index is 392. The number of aromatic nitrogens is 2. The summed E-state index contributed by atoms with van der Waals surface area (Å²) in [5.41, 5.74) is 0.678. The van der Waals surface area contributed by atoms with E-state index in [-0.39, 0.29) is 0 Å². The molecule has 1 aromatic heterocycles. The molecule has 1 aliphatic carbocycles. The molecule has 2 rings (SSSR count). The van der Waals surface area contributed by atoms with Crippen LogP contribution < -0.4 is 5.32 Å². The van der Waals surface area contributed by atoms with Gasteiger partial charge in [-0.1, -0.05) is 6.92 Å². The molecule has 1 heterocycles. The predicted molar refractivity (Wildman–Crippen MR) is 76.9 cm³/mol. The van der Waals surface area contributed by atoms with Crippen LogP contribution in [0.4, 0.5) is 0 Å². The molecule has 2 N–H and O–H groups in total. The zero-order chi connectivity index (χ0) is 13.9. The van der Waals surface area contributed by atoms with Crippen LogP contribution in [0.2, 0.25) is 0 Å². The van der Waals surface area contributed by atoms with Gasteiger partial charge in [-0.05, 0) is 45.4 Å². The highest BCUT2D eigenvalue weighted by Crippen LogP contribution is 2.31. The molecule has 1 aliphatic rings. The van der Waals surface area contributed by atoms with Crippen LogP contribution in [0.3, 0.4) is 0 Å². The van der Waals surface area contributed by atoms with Crippen molar-refractivity contribution in [1.29, 1.82) is 0 Å². The van der Waals surface area contributed by atoms with Crippen molar-refractivity contribution in [2.75, 3.05) is 6.54 Å². The van der Waals surface area contributed by atoms with Gasteiger partial charge in [0.25, 0.3) is 0 Å². The number of hydrogen-bond acceptors (Lipinski definition) is 3. The predicted octanol–water partition coefficient (Wildman–Crippen LogP) is 2.49. The van der Waals surface area contributed by atoms with Gasteiger partial charge in [-0.15, -0.1) is 0 Å². The monoisotopic (exact) mass is 265 g/mol. The highest BCUT2D eigenvalue weighted by Gasteiger charge is 2.31. The molecule has 0 amide bonds. The molecule has 0 unspecified atom stereocenters. The SMILES string of the molecule is CC1CCC(O)(CNCc2cncn2C(C)C)CC1. The maximum atomic E-state index is 10.5. The van der Waals surface area contributed by atoms with Gasteiger partial charge >= 0.3 is 0 Å². The van der Waals surface area contributed by atoms with Crippen molar-refractivity contribution in [3.63, 3.8) is 0 Å². The second kappa shape index (κ2) is 6.06. The zero-order valence-electron chi connectivity index (χ0n) is 12.4. The van der Waals surface area contributed by atoms with Gasteiger partial charge in [0.2, 0.25) is 0 Å². The van der Waals surface area contributed by atoms with Gasteiger partial charge in [-0.3, -0.25) is 0 Å². The molecular weight excluding hydrogens is 238 g/mol. The molecule has 0 aliphatic heterocycles. The summed E-state index contributed by atoms with van der Waals surface area (Å²) in [5.74, 6) is 0.766. The minimum Gasteiger partial charge on any atom is -0.389 e. The van der Waals surface area contributed by atoms with E-state index in [4.69, 9.17) is 0 Å². The molecule has 0 aromatic carbocycles. The lowest BCUT2D eigenvalue weighted by Crippen LogP contribution is -2.43. The van der Waals surface area contributed by atoms with Crippen LogP contribution in [-0.4, -0.2) is 26.8 Å². The lowest BCUT2D eigenvalue weighted by Gasteiger charge is -2.35. The Hall–Kier alpha value is -0.870. The Morgan fingerprint density at radius 3 is 2.79 bits per heavy atom. The highest BCUT2D eigenvalue weighted by molar-refractivity contribution is 5.00. The van der Waals surface area contributed by atoms with Gasteiger partial charge in [0, 0.05) is 25.3 Å². The van der Waals surface area contributed by atoms with Gasteiger partial charge in [-0.2, -0.15) is 0 Å². The summed E-state index contributed by atoms with van der Waals surface area (Å²) in [7, 11) is 0. The third-order valence-corrected chi connectivity index (χ3v) is 4.27. The zero-order valence-corrected chi connectivity index (χ0v) is 12.4. The lowest BCUT2D eigenvalue weighted by molar-refractivity contribution is -0.00640. The van der Waals surface area contributed by atoms with Gasteiger partial charge < -0.3 is 15.0 Å². The van der Waals surface area contributed by atoms with Crippen LogP contribution in [0.1, 0.15) is 58.2 Å². The third-order valence-electron chi connectivity index (χ3n) is 4.27. The number of hydrogen-bond donors (Lipinski definition) is 2. The van der Waals surface area contributed by atoms with Crippen LogP contribution >= 0.6 is 0 Å². The van der Waals surface area contributed by atoms with Gasteiger partial charge in [0.1, 0.15) is 0 Å². The van der Waals surface area contributed by atoms with Crippen molar-refractivity contribution in [3.8, 4) is 0 Å². The van der Waals surface area contributed by atoms with E-state index < -0.39 is 5.60 Å². The summed E-state index contributed by atoms with van der Waals surface area (Å²) in [6.45, 7) is 8.04. The highest BCUT2D eigenvalue weighted by atomic mass is 16.3. The summed E-state index contributed by atoms with van der Waals surface area (Å²) in [6, 6.07) is 0.429. The van der Waals surface area contributed by atoms with Crippen LogP contribution in [0.25, 0.3) is 0 Å². The fraction of sp³-hybridized carbons (Fsp3) is 0.800. The summed E-state index contributed by atoms with van der Waals surface area (Å²) in [5, 5.41) is 13.9. The van der Waals surface area contributed by atoms with E-state index in [1.54, 1.807) is 0 Å². The molecule has 19 heavy (non-hydrogen) atoms. The average Bonchev–Trinajstić information content (AvgIpc) is 2.82. The summed E-state index contributed by atoms with van der Waals surface area (Å²) in [4.78, 5) is 4.20. The number of nitrogens with zero attached hydrogens (tertiary/aromatic N) is 2. The van der Waals surface area contributed by atoms with Crippen LogP contribution in [0, 0.1) is 5.92 Å². The van der Waals surface area contributed by atoms with E-state index >= 15 is 0 Å². The standard InChI is InChI=1S/C15H27N3O/c1-12(2)18-11-17-9-14(18)8-16-10-15(19)6-4-13(3)5-7-15/h9,11-13,16,19H,4-8,10H2,1-3H3. The number of aliphatic hydroxyl groups is 1. The summed E-state index contributed by atoms with van der Waals surface area (Å²) in [6.07, 6.45) is 7.90. The minimum atomic E-state index is -0.505. The van der Waals surface area contributed by atoms with E-state index in [0.29, 0.717) is 12.6 Å². The fourth-order valence-corrected chi connectivity index (χ4v) is 2.83. The topological polar surface area (TPSA) is 50.1 Å². The molecule has 1 fully saturated rings. The summed E-state index contributed by atoms with van der Waals surface area (Å²) >= 11 is 0. The molecule has 108 valence electrons. The van der Waals surface area contributed by atoms with Crippen molar-refractivity contribution in [1.82, 2.24) is 14.9 Å². The molecule has 0 radical (unpaired) electrons. The summed E-state index contributed by atoms with van der Waals surface area (Å²) < 4.78 is 2.17. The first-order chi connectivity index (χ1) is 9.00. The van der Waals surface area contributed by atoms with E-state index in [0.717, 1.165) is 38.1 Å². The first-order valence-corrected chi connectivity index (χ1v) is 7.44. The molecule has 0 atom stereocenters. The van der Waals surface area contributed by atoms with Gasteiger partial charge in [-0.25, -0.2) is 4.98 Å². The molecule has 4 nitrogen and oxygen atoms in total. The van der Waals surface area contributed by atoms with Crippen LogP contribution in [-0.2, 0) is 6.54 Å². The smallest absolute Gasteiger partial charge is 0.0951 e. The Kier molecular flexibility index (Phi) is 4.63. The van der Waals surface area contributed by atoms with Crippen molar-refractivity contribution in [3.05, 3.63) is 18.2 Å². The van der Waals surface area contributed by atoms with Crippen molar-refractivity contribution in [2.24, 2.45) is 5.92 Å². The molecule has 1 aromatic rings. The van der Waals surface area contributed by atoms with E-state index in [1.807, 2.05) is 12.5 Å². The van der Waals surface area contributed by atoms with Crippen LogP contribution in [0.15, 0.2) is 12.5 Å². The molecule has 1 saturated carbocycles. The first kappa shape index (κ1) is 14.5. The molecule has 0 bridgehead atoms. The quantitative estimate of drug-likeness (QED) is 0.860. The largest absolute Gasteiger partial charge is 0.389 e. The maximum absolute atomic E-state index is 10.5. The van der Waals surface area contributed by atoms with Gasteiger partial charge in [0.15, 0.2) is 0 Å². The van der Waals surface area contributed by atoms with Crippen LogP contribution in [0.5, 0.6) is 0 Å². The molecule has 4 heteroatoms.